The summed E-state index contributed by atoms with van der Waals surface area (Å²) in [6.07, 6.45) is 2.77. The molecule has 0 spiro atoms. The first kappa shape index (κ1) is 9.72. The van der Waals surface area contributed by atoms with Gasteiger partial charge < -0.3 is 5.11 Å². The lowest BCUT2D eigenvalue weighted by Gasteiger charge is -2.11. The molecule has 76 valence electrons. The third kappa shape index (κ3) is 1.83. The van der Waals surface area contributed by atoms with Gasteiger partial charge in [0.2, 0.25) is 0 Å². The molecule has 1 heteroatoms. The molecule has 0 heterocycles. The van der Waals surface area contributed by atoms with Crippen LogP contribution in [-0.4, -0.2) is 10.7 Å². The second kappa shape index (κ2) is 3.09. The number of aliphatic hydroxyl groups is 1. The fraction of sp³-hybridized carbons (Fsp3) is 0.538. The van der Waals surface area contributed by atoms with Crippen molar-refractivity contribution in [2.45, 2.75) is 45.6 Å². The summed E-state index contributed by atoms with van der Waals surface area (Å²) < 4.78 is 0. The van der Waals surface area contributed by atoms with Crippen LogP contribution in [0.1, 0.15) is 35.1 Å². The van der Waals surface area contributed by atoms with Gasteiger partial charge in [0.05, 0.1) is 5.60 Å². The molecule has 14 heavy (non-hydrogen) atoms. The van der Waals surface area contributed by atoms with Gasteiger partial charge in [0.25, 0.3) is 0 Å². The largest absolute Gasteiger partial charge is 0.390 e. The highest BCUT2D eigenvalue weighted by atomic mass is 16.3. The van der Waals surface area contributed by atoms with Crippen molar-refractivity contribution >= 4 is 0 Å². The van der Waals surface area contributed by atoms with Crippen LogP contribution in [0.15, 0.2) is 12.1 Å². The van der Waals surface area contributed by atoms with Crippen molar-refractivity contribution in [2.75, 3.05) is 0 Å². The van der Waals surface area contributed by atoms with Crippen molar-refractivity contribution in [3.63, 3.8) is 0 Å². The molecule has 1 N–H and O–H groups in total. The number of hydrogen-bond donors (Lipinski definition) is 1. The normalized spacial score (nSPS) is 18.3. The molecule has 0 atom stereocenters. The van der Waals surface area contributed by atoms with E-state index in [1.54, 1.807) is 0 Å². The number of benzene rings is 1. The molecular formula is C13H18O. The van der Waals surface area contributed by atoms with Crippen LogP contribution in [0.25, 0.3) is 0 Å². The topological polar surface area (TPSA) is 20.2 Å². The van der Waals surface area contributed by atoms with Crippen molar-refractivity contribution in [3.05, 3.63) is 34.4 Å². The Hall–Kier alpha value is -0.820. The van der Waals surface area contributed by atoms with Crippen molar-refractivity contribution in [1.82, 2.24) is 0 Å². The average Bonchev–Trinajstić information content (AvgIpc) is 2.79. The fourth-order valence-corrected chi connectivity index (χ4v) is 1.93. The van der Waals surface area contributed by atoms with E-state index in [1.165, 1.54) is 22.3 Å². The minimum atomic E-state index is -0.367. The summed E-state index contributed by atoms with van der Waals surface area (Å²) in [5, 5.41) is 9.83. The van der Waals surface area contributed by atoms with E-state index in [1.807, 2.05) is 0 Å². The SMILES string of the molecule is Cc1cc(CC2(O)CC2)cc(C)c1C. The van der Waals surface area contributed by atoms with Crippen LogP contribution < -0.4 is 0 Å². The molecule has 1 saturated carbocycles. The molecule has 1 aromatic rings. The highest BCUT2D eigenvalue weighted by Gasteiger charge is 2.40. The Labute approximate surface area is 85.8 Å². The molecule has 0 aliphatic heterocycles. The zero-order chi connectivity index (χ0) is 10.3. The smallest absolute Gasteiger partial charge is 0.0690 e. The summed E-state index contributed by atoms with van der Waals surface area (Å²) in [7, 11) is 0. The monoisotopic (exact) mass is 190 g/mol. The molecule has 0 aromatic heterocycles. The Morgan fingerprint density at radius 1 is 1.14 bits per heavy atom. The van der Waals surface area contributed by atoms with Crippen molar-refractivity contribution in [1.29, 1.82) is 0 Å². The van der Waals surface area contributed by atoms with Crippen molar-refractivity contribution < 1.29 is 5.11 Å². The lowest BCUT2D eigenvalue weighted by atomic mass is 9.97. The van der Waals surface area contributed by atoms with Gasteiger partial charge in [-0.1, -0.05) is 12.1 Å². The van der Waals surface area contributed by atoms with Crippen LogP contribution in [0, 0.1) is 20.8 Å². The van der Waals surface area contributed by atoms with E-state index in [4.69, 9.17) is 0 Å². The van der Waals surface area contributed by atoms with Gasteiger partial charge in [-0.25, -0.2) is 0 Å². The Morgan fingerprint density at radius 3 is 2.07 bits per heavy atom. The van der Waals surface area contributed by atoms with E-state index in [0.717, 1.165) is 19.3 Å². The lowest BCUT2D eigenvalue weighted by molar-refractivity contribution is 0.151. The lowest BCUT2D eigenvalue weighted by Crippen LogP contribution is -2.11. The zero-order valence-corrected chi connectivity index (χ0v) is 9.22. The quantitative estimate of drug-likeness (QED) is 0.760. The summed E-state index contributed by atoms with van der Waals surface area (Å²) in [4.78, 5) is 0. The molecule has 0 saturated heterocycles. The maximum absolute atomic E-state index is 9.83. The molecule has 0 bridgehead atoms. The Balaban J connectivity index is 2.26. The van der Waals surface area contributed by atoms with E-state index < -0.39 is 0 Å². The van der Waals surface area contributed by atoms with Crippen LogP contribution in [-0.2, 0) is 6.42 Å². The first-order chi connectivity index (χ1) is 6.50. The van der Waals surface area contributed by atoms with E-state index in [-0.39, 0.29) is 5.60 Å². The molecule has 1 aliphatic carbocycles. The summed E-state index contributed by atoms with van der Waals surface area (Å²) >= 11 is 0. The highest BCUT2D eigenvalue weighted by molar-refractivity contribution is 5.37. The van der Waals surface area contributed by atoms with E-state index in [0.29, 0.717) is 0 Å². The molecule has 0 radical (unpaired) electrons. The molecule has 2 rings (SSSR count). The zero-order valence-electron chi connectivity index (χ0n) is 9.22. The van der Waals surface area contributed by atoms with Crippen LogP contribution >= 0.6 is 0 Å². The van der Waals surface area contributed by atoms with Crippen LogP contribution in [0.3, 0.4) is 0 Å². The van der Waals surface area contributed by atoms with E-state index in [2.05, 4.69) is 32.9 Å². The minimum Gasteiger partial charge on any atom is -0.390 e. The molecular weight excluding hydrogens is 172 g/mol. The van der Waals surface area contributed by atoms with Gasteiger partial charge in [-0.15, -0.1) is 0 Å². The first-order valence-electron chi connectivity index (χ1n) is 5.29. The predicted octanol–water partition coefficient (Wildman–Crippen LogP) is 2.68. The summed E-state index contributed by atoms with van der Waals surface area (Å²) in [5.74, 6) is 0. The summed E-state index contributed by atoms with van der Waals surface area (Å²) in [5.41, 5.74) is 4.96. The van der Waals surface area contributed by atoms with E-state index in [9.17, 15) is 5.11 Å². The average molecular weight is 190 g/mol. The maximum atomic E-state index is 9.83. The maximum Gasteiger partial charge on any atom is 0.0690 e. The molecule has 1 nitrogen and oxygen atoms in total. The van der Waals surface area contributed by atoms with E-state index >= 15 is 0 Å². The molecule has 0 amide bonds. The first-order valence-corrected chi connectivity index (χ1v) is 5.29. The Kier molecular flexibility index (Phi) is 2.15. The van der Waals surface area contributed by atoms with Gasteiger partial charge in [0.15, 0.2) is 0 Å². The molecule has 1 aliphatic rings. The van der Waals surface area contributed by atoms with Gasteiger partial charge in [0, 0.05) is 6.42 Å². The van der Waals surface area contributed by atoms with Crippen molar-refractivity contribution in [2.24, 2.45) is 0 Å². The Bertz CT molecular complexity index is 338. The highest BCUT2D eigenvalue weighted by Crippen LogP contribution is 2.38. The number of rotatable bonds is 2. The third-order valence-corrected chi connectivity index (χ3v) is 3.35. The summed E-state index contributed by atoms with van der Waals surface area (Å²) in [6.45, 7) is 6.44. The fourth-order valence-electron chi connectivity index (χ4n) is 1.93. The second-order valence-corrected chi connectivity index (χ2v) is 4.76. The van der Waals surface area contributed by atoms with Gasteiger partial charge >= 0.3 is 0 Å². The van der Waals surface area contributed by atoms with Crippen molar-refractivity contribution in [3.8, 4) is 0 Å². The standard InChI is InChI=1S/C13H18O/c1-9-6-12(7-10(2)11(9)3)8-13(14)4-5-13/h6-7,14H,4-5,8H2,1-3H3. The minimum absolute atomic E-state index is 0.367. The van der Waals surface area contributed by atoms with Gasteiger partial charge in [-0.3, -0.25) is 0 Å². The Morgan fingerprint density at radius 2 is 1.64 bits per heavy atom. The molecule has 1 aromatic carbocycles. The van der Waals surface area contributed by atoms with Crippen LogP contribution in [0.4, 0.5) is 0 Å². The van der Waals surface area contributed by atoms with Gasteiger partial charge in [0.1, 0.15) is 0 Å². The van der Waals surface area contributed by atoms with Crippen LogP contribution in [0.2, 0.25) is 0 Å². The third-order valence-electron chi connectivity index (χ3n) is 3.35. The van der Waals surface area contributed by atoms with Crippen LogP contribution in [0.5, 0.6) is 0 Å². The van der Waals surface area contributed by atoms with Gasteiger partial charge in [-0.05, 0) is 55.9 Å². The summed E-state index contributed by atoms with van der Waals surface area (Å²) in [6, 6.07) is 4.41. The van der Waals surface area contributed by atoms with Gasteiger partial charge in [-0.2, -0.15) is 0 Å². The molecule has 1 fully saturated rings. The number of aryl methyl sites for hydroxylation is 2. The predicted molar refractivity (Wildman–Crippen MR) is 58.5 cm³/mol. The second-order valence-electron chi connectivity index (χ2n) is 4.76. The number of hydrogen-bond acceptors (Lipinski definition) is 1. The molecule has 0 unspecified atom stereocenters.